The van der Waals surface area contributed by atoms with Crippen molar-refractivity contribution < 1.29 is 4.39 Å². The van der Waals surface area contributed by atoms with Crippen molar-refractivity contribution in [1.82, 2.24) is 0 Å². The molecule has 0 heterocycles. The van der Waals surface area contributed by atoms with Crippen LogP contribution >= 0.6 is 11.6 Å². The van der Waals surface area contributed by atoms with E-state index in [1.54, 1.807) is 6.07 Å². The van der Waals surface area contributed by atoms with Gasteiger partial charge in [-0.2, -0.15) is 0 Å². The fourth-order valence-electron chi connectivity index (χ4n) is 2.25. The summed E-state index contributed by atoms with van der Waals surface area (Å²) in [4.78, 5) is 0. The van der Waals surface area contributed by atoms with Crippen LogP contribution in [-0.2, 0) is 0 Å². The van der Waals surface area contributed by atoms with Crippen LogP contribution in [0.1, 0.15) is 0 Å². The van der Waals surface area contributed by atoms with Gasteiger partial charge in [-0.15, -0.1) is 0 Å². The highest BCUT2D eigenvalue weighted by molar-refractivity contribution is 6.33. The fraction of sp³-hybridized carbons (Fsp3) is 0. The van der Waals surface area contributed by atoms with Crippen molar-refractivity contribution in [1.29, 1.82) is 0 Å². The van der Waals surface area contributed by atoms with E-state index in [9.17, 15) is 4.39 Å². The van der Waals surface area contributed by atoms with Crippen LogP contribution in [0, 0.1) is 5.82 Å². The number of benzene rings is 3. The molecule has 0 saturated carbocycles. The third kappa shape index (κ3) is 3.05. The fourth-order valence-corrected chi connectivity index (χ4v) is 2.46. The van der Waals surface area contributed by atoms with Gasteiger partial charge in [0.05, 0.1) is 10.7 Å². The zero-order valence-electron chi connectivity index (χ0n) is 11.7. The molecule has 0 saturated heterocycles. The van der Waals surface area contributed by atoms with E-state index in [0.717, 1.165) is 16.8 Å². The molecule has 0 aliphatic carbocycles. The van der Waals surface area contributed by atoms with Crippen LogP contribution in [0.15, 0.2) is 66.7 Å². The smallest absolute Gasteiger partial charge is 0.124 e. The second-order valence-electron chi connectivity index (χ2n) is 4.92. The minimum Gasteiger partial charge on any atom is -0.398 e. The van der Waals surface area contributed by atoms with E-state index in [2.05, 4.69) is 5.32 Å². The van der Waals surface area contributed by atoms with Crippen LogP contribution in [0.3, 0.4) is 0 Å². The standard InChI is InChI=1S/C18H14ClFN2/c19-16-10-13(20)6-9-18(16)22-14-7-8-17(21)15(11-14)12-4-2-1-3-5-12/h1-11,22H,21H2. The number of nitrogen functional groups attached to an aromatic ring is 1. The Bertz CT molecular complexity index is 803. The summed E-state index contributed by atoms with van der Waals surface area (Å²) in [5.74, 6) is -0.363. The molecule has 110 valence electrons. The van der Waals surface area contributed by atoms with Crippen LogP contribution < -0.4 is 11.1 Å². The summed E-state index contributed by atoms with van der Waals surface area (Å²) in [7, 11) is 0. The molecule has 4 heteroatoms. The Morgan fingerprint density at radius 2 is 1.68 bits per heavy atom. The third-order valence-corrected chi connectivity index (χ3v) is 3.66. The van der Waals surface area contributed by atoms with Crippen molar-refractivity contribution in [2.75, 3.05) is 11.1 Å². The number of anilines is 3. The lowest BCUT2D eigenvalue weighted by molar-refractivity contribution is 0.628. The monoisotopic (exact) mass is 312 g/mol. The van der Waals surface area contributed by atoms with Gasteiger partial charge in [0.2, 0.25) is 0 Å². The summed E-state index contributed by atoms with van der Waals surface area (Å²) in [6, 6.07) is 19.8. The van der Waals surface area contributed by atoms with Gasteiger partial charge in [0.1, 0.15) is 5.82 Å². The van der Waals surface area contributed by atoms with Crippen molar-refractivity contribution in [3.63, 3.8) is 0 Å². The highest BCUT2D eigenvalue weighted by Gasteiger charge is 2.06. The molecule has 0 aromatic heterocycles. The van der Waals surface area contributed by atoms with Gasteiger partial charge in [-0.1, -0.05) is 41.9 Å². The Morgan fingerprint density at radius 1 is 0.909 bits per heavy atom. The Kier molecular flexibility index (Phi) is 3.98. The van der Waals surface area contributed by atoms with Gasteiger partial charge in [0.25, 0.3) is 0 Å². The quantitative estimate of drug-likeness (QED) is 0.629. The number of hydrogen-bond acceptors (Lipinski definition) is 2. The number of hydrogen-bond donors (Lipinski definition) is 2. The lowest BCUT2D eigenvalue weighted by atomic mass is 10.0. The minimum absolute atomic E-state index is 0.332. The predicted octanol–water partition coefficient (Wildman–Crippen LogP) is 5.47. The van der Waals surface area contributed by atoms with Gasteiger partial charge < -0.3 is 11.1 Å². The van der Waals surface area contributed by atoms with E-state index in [1.165, 1.54) is 12.1 Å². The molecule has 0 aliphatic rings. The van der Waals surface area contributed by atoms with E-state index in [4.69, 9.17) is 17.3 Å². The molecule has 22 heavy (non-hydrogen) atoms. The number of halogens is 2. The molecule has 3 aromatic rings. The van der Waals surface area contributed by atoms with Gasteiger partial charge in [-0.25, -0.2) is 4.39 Å². The van der Waals surface area contributed by atoms with Gasteiger partial charge in [0, 0.05) is 16.9 Å². The van der Waals surface area contributed by atoms with Crippen molar-refractivity contribution in [2.24, 2.45) is 0 Å². The second kappa shape index (κ2) is 6.08. The summed E-state index contributed by atoms with van der Waals surface area (Å²) in [6.07, 6.45) is 0. The Morgan fingerprint density at radius 3 is 2.41 bits per heavy atom. The van der Waals surface area contributed by atoms with E-state index in [-0.39, 0.29) is 5.82 Å². The highest BCUT2D eigenvalue weighted by Crippen LogP contribution is 2.32. The van der Waals surface area contributed by atoms with Gasteiger partial charge >= 0.3 is 0 Å². The minimum atomic E-state index is -0.363. The average Bonchev–Trinajstić information content (AvgIpc) is 2.52. The van der Waals surface area contributed by atoms with Crippen molar-refractivity contribution >= 4 is 28.7 Å². The molecular weight excluding hydrogens is 299 g/mol. The largest absolute Gasteiger partial charge is 0.398 e. The molecule has 0 spiro atoms. The van der Waals surface area contributed by atoms with Crippen LogP contribution in [0.25, 0.3) is 11.1 Å². The first-order valence-electron chi connectivity index (χ1n) is 6.80. The maximum Gasteiger partial charge on any atom is 0.124 e. The molecule has 3 N–H and O–H groups in total. The molecular formula is C18H14ClFN2. The number of nitrogens with two attached hydrogens (primary N) is 1. The molecule has 0 unspecified atom stereocenters. The SMILES string of the molecule is Nc1ccc(Nc2ccc(F)cc2Cl)cc1-c1ccccc1. The first-order valence-corrected chi connectivity index (χ1v) is 7.18. The van der Waals surface area contributed by atoms with E-state index in [1.807, 2.05) is 48.5 Å². The zero-order chi connectivity index (χ0) is 15.5. The summed E-state index contributed by atoms with van der Waals surface area (Å²) >= 11 is 6.04. The van der Waals surface area contributed by atoms with Crippen molar-refractivity contribution in [2.45, 2.75) is 0 Å². The summed E-state index contributed by atoms with van der Waals surface area (Å²) in [5, 5.41) is 3.51. The number of rotatable bonds is 3. The average molecular weight is 313 g/mol. The topological polar surface area (TPSA) is 38.0 Å². The van der Waals surface area contributed by atoms with E-state index in [0.29, 0.717) is 16.4 Å². The van der Waals surface area contributed by atoms with Gasteiger partial charge in [-0.05, 0) is 42.0 Å². The molecule has 0 amide bonds. The van der Waals surface area contributed by atoms with Crippen LogP contribution in [-0.4, -0.2) is 0 Å². The Hall–Kier alpha value is -2.52. The predicted molar refractivity (Wildman–Crippen MR) is 91.0 cm³/mol. The van der Waals surface area contributed by atoms with E-state index >= 15 is 0 Å². The van der Waals surface area contributed by atoms with Crippen molar-refractivity contribution in [3.8, 4) is 11.1 Å². The molecule has 0 atom stereocenters. The maximum absolute atomic E-state index is 13.1. The molecule has 3 rings (SSSR count). The molecule has 0 fully saturated rings. The summed E-state index contributed by atoms with van der Waals surface area (Å²) in [5.41, 5.74) is 10.2. The van der Waals surface area contributed by atoms with Gasteiger partial charge in [0.15, 0.2) is 0 Å². The lowest BCUT2D eigenvalue weighted by Gasteiger charge is -2.12. The third-order valence-electron chi connectivity index (χ3n) is 3.35. The van der Waals surface area contributed by atoms with E-state index < -0.39 is 0 Å². The lowest BCUT2D eigenvalue weighted by Crippen LogP contribution is -1.95. The van der Waals surface area contributed by atoms with Crippen molar-refractivity contribution in [3.05, 3.63) is 77.6 Å². The second-order valence-corrected chi connectivity index (χ2v) is 5.32. The van der Waals surface area contributed by atoms with Gasteiger partial charge in [-0.3, -0.25) is 0 Å². The summed E-state index contributed by atoms with van der Waals surface area (Å²) < 4.78 is 13.1. The number of nitrogens with one attached hydrogen (secondary N) is 1. The zero-order valence-corrected chi connectivity index (χ0v) is 12.4. The first kappa shape index (κ1) is 14.4. The maximum atomic E-state index is 13.1. The van der Waals surface area contributed by atoms with Crippen LogP contribution in [0.2, 0.25) is 5.02 Å². The Balaban J connectivity index is 1.96. The van der Waals surface area contributed by atoms with Crippen LogP contribution in [0.4, 0.5) is 21.5 Å². The normalized spacial score (nSPS) is 10.5. The van der Waals surface area contributed by atoms with Crippen LogP contribution in [0.5, 0.6) is 0 Å². The Labute approximate surface area is 133 Å². The first-order chi connectivity index (χ1) is 10.6. The molecule has 2 nitrogen and oxygen atoms in total. The highest BCUT2D eigenvalue weighted by atomic mass is 35.5. The molecule has 0 radical (unpaired) electrons. The molecule has 3 aromatic carbocycles. The summed E-state index contributed by atoms with van der Waals surface area (Å²) in [6.45, 7) is 0. The molecule has 0 aliphatic heterocycles. The molecule has 0 bridgehead atoms.